The van der Waals surface area contributed by atoms with Crippen LogP contribution in [0.2, 0.25) is 0 Å². The van der Waals surface area contributed by atoms with Gasteiger partial charge in [-0.3, -0.25) is 14.6 Å². The summed E-state index contributed by atoms with van der Waals surface area (Å²) in [6.07, 6.45) is 4.65. The van der Waals surface area contributed by atoms with Crippen LogP contribution in [-0.4, -0.2) is 37.6 Å². The lowest BCUT2D eigenvalue weighted by Crippen LogP contribution is -2.16. The van der Waals surface area contributed by atoms with Gasteiger partial charge in [-0.05, 0) is 42.8 Å². The summed E-state index contributed by atoms with van der Waals surface area (Å²) in [7, 11) is 2.03. The summed E-state index contributed by atoms with van der Waals surface area (Å²) in [5.74, 6) is 0.352. The Morgan fingerprint density at radius 1 is 1.03 bits per heavy atom. The number of pyridine rings is 1. The Hall–Kier alpha value is -3.15. The van der Waals surface area contributed by atoms with E-state index in [2.05, 4.69) is 13.8 Å². The van der Waals surface area contributed by atoms with E-state index in [-0.39, 0.29) is 11.6 Å². The van der Waals surface area contributed by atoms with E-state index < -0.39 is 5.92 Å². The lowest BCUT2D eigenvalue weighted by molar-refractivity contribution is 0.0887. The molecule has 176 valence electrons. The minimum absolute atomic E-state index is 0.223. The summed E-state index contributed by atoms with van der Waals surface area (Å²) in [6.45, 7) is 7.37. The standard InChI is InChI=1S/C28H32BNO4/c1-4-7-9-17(5-2)16-34-18-14-21(29)19-12-13-22(30-23(19)15-18)26-27(31)20-10-8-11-24(33-6-3)25(20)28(26)32/h8,10-15,17,26H,4-7,9,16,29H2,1-3H3. The average Bonchev–Trinajstić information content (AvgIpc) is 3.09. The van der Waals surface area contributed by atoms with E-state index in [0.717, 1.165) is 35.0 Å². The van der Waals surface area contributed by atoms with E-state index in [4.69, 9.17) is 14.5 Å². The molecule has 0 spiro atoms. The van der Waals surface area contributed by atoms with Crippen LogP contribution in [0, 0.1) is 5.92 Å². The molecule has 0 radical (unpaired) electrons. The highest BCUT2D eigenvalue weighted by Gasteiger charge is 2.42. The van der Waals surface area contributed by atoms with Crippen molar-refractivity contribution in [2.75, 3.05) is 13.2 Å². The summed E-state index contributed by atoms with van der Waals surface area (Å²) in [4.78, 5) is 31.3. The number of unbranched alkanes of at least 4 members (excludes halogenated alkanes) is 1. The van der Waals surface area contributed by atoms with Crippen molar-refractivity contribution in [1.82, 2.24) is 4.98 Å². The molecule has 1 aromatic heterocycles. The number of benzene rings is 2. The maximum Gasteiger partial charge on any atom is 0.184 e. The molecule has 1 aliphatic rings. The maximum atomic E-state index is 13.3. The number of hydrogen-bond donors (Lipinski definition) is 0. The summed E-state index contributed by atoms with van der Waals surface area (Å²) >= 11 is 0. The second-order valence-electron chi connectivity index (χ2n) is 9.04. The quantitative estimate of drug-likeness (QED) is 0.328. The molecular weight excluding hydrogens is 425 g/mol. The molecule has 0 N–H and O–H groups in total. The van der Waals surface area contributed by atoms with Crippen LogP contribution in [-0.2, 0) is 0 Å². The number of Topliss-reactive ketones (excluding diaryl/α,β-unsaturated/α-hetero) is 2. The minimum atomic E-state index is -0.940. The Morgan fingerprint density at radius 3 is 2.59 bits per heavy atom. The highest BCUT2D eigenvalue weighted by molar-refractivity contribution is 6.39. The van der Waals surface area contributed by atoms with Crippen LogP contribution >= 0.6 is 0 Å². The number of aromatic nitrogens is 1. The van der Waals surface area contributed by atoms with Crippen LogP contribution < -0.4 is 14.9 Å². The van der Waals surface area contributed by atoms with Gasteiger partial charge in [-0.25, -0.2) is 0 Å². The van der Waals surface area contributed by atoms with Gasteiger partial charge in [-0.15, -0.1) is 0 Å². The van der Waals surface area contributed by atoms with Gasteiger partial charge in [0, 0.05) is 11.6 Å². The first-order valence-electron chi connectivity index (χ1n) is 12.4. The van der Waals surface area contributed by atoms with Crippen molar-refractivity contribution in [3.05, 3.63) is 59.3 Å². The first-order valence-corrected chi connectivity index (χ1v) is 12.4. The van der Waals surface area contributed by atoms with Gasteiger partial charge in [-0.1, -0.05) is 56.8 Å². The van der Waals surface area contributed by atoms with Crippen LogP contribution in [0.3, 0.4) is 0 Å². The van der Waals surface area contributed by atoms with Crippen molar-refractivity contribution < 1.29 is 19.1 Å². The molecule has 1 aliphatic carbocycles. The predicted molar refractivity (Wildman–Crippen MR) is 138 cm³/mol. The topological polar surface area (TPSA) is 65.5 Å². The molecule has 0 saturated carbocycles. The molecule has 2 atom stereocenters. The Balaban J connectivity index is 1.64. The number of nitrogens with zero attached hydrogens (tertiary/aromatic N) is 1. The van der Waals surface area contributed by atoms with Crippen LogP contribution in [0.15, 0.2) is 42.5 Å². The van der Waals surface area contributed by atoms with E-state index >= 15 is 0 Å². The summed E-state index contributed by atoms with van der Waals surface area (Å²) in [5, 5.41) is 0.986. The largest absolute Gasteiger partial charge is 0.493 e. The second-order valence-corrected chi connectivity index (χ2v) is 9.04. The average molecular weight is 457 g/mol. The zero-order valence-corrected chi connectivity index (χ0v) is 20.5. The van der Waals surface area contributed by atoms with Gasteiger partial charge in [-0.2, -0.15) is 0 Å². The van der Waals surface area contributed by atoms with Crippen LogP contribution in [0.5, 0.6) is 11.5 Å². The fourth-order valence-electron chi connectivity index (χ4n) is 4.71. The summed E-state index contributed by atoms with van der Waals surface area (Å²) in [5.41, 5.74) is 3.03. The first-order chi connectivity index (χ1) is 16.5. The van der Waals surface area contributed by atoms with Gasteiger partial charge < -0.3 is 9.47 Å². The number of fused-ring (bicyclic) bond motifs is 2. The smallest absolute Gasteiger partial charge is 0.184 e. The molecule has 1 heterocycles. The molecule has 2 unspecified atom stereocenters. The molecule has 4 rings (SSSR count). The number of ether oxygens (including phenoxy) is 2. The van der Waals surface area contributed by atoms with Crippen LogP contribution in [0.25, 0.3) is 10.9 Å². The zero-order valence-electron chi connectivity index (χ0n) is 20.5. The fraction of sp³-hybridized carbons (Fsp3) is 0.393. The van der Waals surface area contributed by atoms with Crippen molar-refractivity contribution >= 4 is 35.8 Å². The maximum absolute atomic E-state index is 13.3. The lowest BCUT2D eigenvalue weighted by Gasteiger charge is -2.17. The lowest BCUT2D eigenvalue weighted by atomic mass is 9.90. The molecular formula is C28H32BNO4. The number of carbonyl (C=O) groups excluding carboxylic acids is 2. The molecule has 0 aliphatic heterocycles. The van der Waals surface area contributed by atoms with Gasteiger partial charge in [0.15, 0.2) is 11.6 Å². The number of rotatable bonds is 10. The molecule has 3 aromatic rings. The van der Waals surface area contributed by atoms with Gasteiger partial charge in [0.2, 0.25) is 0 Å². The molecule has 5 nitrogen and oxygen atoms in total. The molecule has 0 amide bonds. The second kappa shape index (κ2) is 10.4. The SMILES string of the molecule is Bc1cc(OCC(CC)CCCC)cc2nc(C3C(=O)c4cccc(OCC)c4C3=O)ccc12. The molecule has 34 heavy (non-hydrogen) atoms. The van der Waals surface area contributed by atoms with Gasteiger partial charge in [0.25, 0.3) is 0 Å². The van der Waals surface area contributed by atoms with Crippen LogP contribution in [0.4, 0.5) is 0 Å². The van der Waals surface area contributed by atoms with Gasteiger partial charge in [0.05, 0.1) is 30.0 Å². The summed E-state index contributed by atoms with van der Waals surface area (Å²) in [6, 6.07) is 12.9. The highest BCUT2D eigenvalue weighted by atomic mass is 16.5. The van der Waals surface area contributed by atoms with Crippen molar-refractivity contribution in [2.24, 2.45) is 5.92 Å². The molecule has 0 fully saturated rings. The van der Waals surface area contributed by atoms with E-state index in [1.165, 1.54) is 12.8 Å². The van der Waals surface area contributed by atoms with Gasteiger partial charge in [0.1, 0.15) is 25.3 Å². The Morgan fingerprint density at radius 2 is 1.85 bits per heavy atom. The molecule has 2 aromatic carbocycles. The Kier molecular flexibility index (Phi) is 7.35. The Labute approximate surface area is 202 Å². The molecule has 0 bridgehead atoms. The third-order valence-electron chi connectivity index (χ3n) is 6.70. The third kappa shape index (κ3) is 4.59. The number of hydrogen-bond acceptors (Lipinski definition) is 5. The zero-order chi connectivity index (χ0) is 24.2. The van der Waals surface area contributed by atoms with Gasteiger partial charge >= 0.3 is 0 Å². The highest BCUT2D eigenvalue weighted by Crippen LogP contribution is 2.38. The van der Waals surface area contributed by atoms with E-state index in [0.29, 0.717) is 41.7 Å². The van der Waals surface area contributed by atoms with Crippen molar-refractivity contribution in [3.63, 3.8) is 0 Å². The van der Waals surface area contributed by atoms with E-state index in [1.807, 2.05) is 33.0 Å². The number of ketones is 2. The van der Waals surface area contributed by atoms with Crippen molar-refractivity contribution in [2.45, 2.75) is 52.4 Å². The molecule has 0 saturated heterocycles. The monoisotopic (exact) mass is 457 g/mol. The number of carbonyl (C=O) groups is 2. The summed E-state index contributed by atoms with van der Waals surface area (Å²) < 4.78 is 11.8. The van der Waals surface area contributed by atoms with Crippen molar-refractivity contribution in [3.8, 4) is 11.5 Å². The fourth-order valence-corrected chi connectivity index (χ4v) is 4.71. The normalized spacial score (nSPS) is 16.0. The van der Waals surface area contributed by atoms with E-state index in [1.54, 1.807) is 24.3 Å². The predicted octanol–water partition coefficient (Wildman–Crippen LogP) is 4.65. The first kappa shape index (κ1) is 24.0. The molecule has 6 heteroatoms. The Bertz CT molecular complexity index is 1220. The third-order valence-corrected chi connectivity index (χ3v) is 6.70. The van der Waals surface area contributed by atoms with Crippen LogP contribution in [0.1, 0.15) is 78.8 Å². The van der Waals surface area contributed by atoms with E-state index in [9.17, 15) is 9.59 Å². The minimum Gasteiger partial charge on any atom is -0.493 e. The van der Waals surface area contributed by atoms with Crippen molar-refractivity contribution in [1.29, 1.82) is 0 Å².